The van der Waals surface area contributed by atoms with Gasteiger partial charge >= 0.3 is 0 Å². The van der Waals surface area contributed by atoms with Crippen molar-refractivity contribution in [1.29, 1.82) is 0 Å². The lowest BCUT2D eigenvalue weighted by atomic mass is 9.83. The number of ether oxygens (including phenoxy) is 1. The summed E-state index contributed by atoms with van der Waals surface area (Å²) in [5, 5.41) is 16.6. The molecule has 8 nitrogen and oxygen atoms in total. The lowest BCUT2D eigenvalue weighted by Crippen LogP contribution is -2.61. The van der Waals surface area contributed by atoms with Crippen molar-refractivity contribution >= 4 is 34.3 Å². The quantitative estimate of drug-likeness (QED) is 0.398. The molecule has 35 heavy (non-hydrogen) atoms. The first-order valence-corrected chi connectivity index (χ1v) is 12.6. The molecule has 1 saturated heterocycles. The van der Waals surface area contributed by atoms with Crippen LogP contribution in [0.25, 0.3) is 0 Å². The summed E-state index contributed by atoms with van der Waals surface area (Å²) in [6, 6.07) is 17.1. The molecule has 0 saturated carbocycles. The number of piperazine rings is 1. The highest BCUT2D eigenvalue weighted by atomic mass is 32.1. The van der Waals surface area contributed by atoms with E-state index in [1.165, 1.54) is 4.88 Å². The van der Waals surface area contributed by atoms with Gasteiger partial charge in [-0.1, -0.05) is 6.07 Å². The minimum atomic E-state index is -0.371. The van der Waals surface area contributed by atoms with Gasteiger partial charge in [0.2, 0.25) is 5.91 Å². The number of carbonyl (C=O) groups excluding carboxylic acids is 1. The zero-order chi connectivity index (χ0) is 24.4. The Morgan fingerprint density at radius 3 is 2.74 bits per heavy atom. The third-order valence-corrected chi connectivity index (χ3v) is 7.87. The SMILES string of the molecule is COc1ccc(N2CCN3c4ccc([N+](=O)[O-])cc4C[C@H](C(=O)NCCc4cccs4)[C@H]3C2)cc1. The van der Waals surface area contributed by atoms with Crippen LogP contribution in [0.4, 0.5) is 17.1 Å². The number of rotatable bonds is 7. The fourth-order valence-electron chi connectivity index (χ4n) is 5.15. The molecule has 2 aliphatic heterocycles. The van der Waals surface area contributed by atoms with Crippen molar-refractivity contribution in [1.82, 2.24) is 5.32 Å². The van der Waals surface area contributed by atoms with E-state index < -0.39 is 0 Å². The Morgan fingerprint density at radius 2 is 2.03 bits per heavy atom. The molecular formula is C26H28N4O4S. The fourth-order valence-corrected chi connectivity index (χ4v) is 5.85. The Kier molecular flexibility index (Phi) is 6.59. The number of nitro groups is 1. The molecule has 182 valence electrons. The number of thiophene rings is 1. The third kappa shape index (κ3) is 4.81. The third-order valence-electron chi connectivity index (χ3n) is 6.93. The van der Waals surface area contributed by atoms with Crippen molar-refractivity contribution in [3.05, 3.63) is 80.5 Å². The summed E-state index contributed by atoms with van der Waals surface area (Å²) in [7, 11) is 1.65. The maximum absolute atomic E-state index is 13.4. The first-order chi connectivity index (χ1) is 17.0. The van der Waals surface area contributed by atoms with E-state index in [1.54, 1.807) is 30.6 Å². The molecule has 0 spiro atoms. The number of nitrogens with zero attached hydrogens (tertiary/aromatic N) is 3. The van der Waals surface area contributed by atoms with Crippen LogP contribution in [-0.4, -0.2) is 50.2 Å². The standard InChI is InChI=1S/C26H28N4O4S/c1-34-21-7-4-19(5-8-21)28-12-13-29-24-9-6-20(30(32)33)15-18(24)16-23(25(29)17-28)26(31)27-11-10-22-3-2-14-35-22/h2-9,14-15,23,25H,10-13,16-17H2,1H3,(H,27,31)/t23-,25+/m0/s1. The number of hydrogen-bond donors (Lipinski definition) is 1. The molecule has 1 aromatic heterocycles. The van der Waals surface area contributed by atoms with E-state index in [-0.39, 0.29) is 28.5 Å². The second-order valence-electron chi connectivity index (χ2n) is 8.91. The normalized spacial score (nSPS) is 19.0. The molecule has 0 unspecified atom stereocenters. The van der Waals surface area contributed by atoms with Gasteiger partial charge in [-0.2, -0.15) is 0 Å². The first-order valence-electron chi connectivity index (χ1n) is 11.8. The van der Waals surface area contributed by atoms with Crippen LogP contribution >= 0.6 is 11.3 Å². The summed E-state index contributed by atoms with van der Waals surface area (Å²) in [5.41, 5.74) is 3.03. The number of carbonyl (C=O) groups is 1. The summed E-state index contributed by atoms with van der Waals surface area (Å²) >= 11 is 1.68. The van der Waals surface area contributed by atoms with Crippen LogP contribution in [0.1, 0.15) is 10.4 Å². The summed E-state index contributed by atoms with van der Waals surface area (Å²) < 4.78 is 5.29. The molecule has 0 radical (unpaired) electrons. The Labute approximate surface area is 208 Å². The van der Waals surface area contributed by atoms with E-state index in [0.717, 1.165) is 42.2 Å². The molecule has 2 aromatic carbocycles. The highest BCUT2D eigenvalue weighted by Gasteiger charge is 2.42. The fraction of sp³-hybridized carbons (Fsp3) is 0.346. The molecule has 1 fully saturated rings. The smallest absolute Gasteiger partial charge is 0.269 e. The number of hydrogen-bond acceptors (Lipinski definition) is 7. The summed E-state index contributed by atoms with van der Waals surface area (Å²) in [6.45, 7) is 2.81. The number of methoxy groups -OCH3 is 1. The van der Waals surface area contributed by atoms with Gasteiger partial charge in [0.1, 0.15) is 5.75 Å². The summed E-state index contributed by atoms with van der Waals surface area (Å²) in [4.78, 5) is 30.3. The van der Waals surface area contributed by atoms with Crippen LogP contribution in [0.5, 0.6) is 5.75 Å². The van der Waals surface area contributed by atoms with Crippen LogP contribution in [0.2, 0.25) is 0 Å². The molecule has 0 bridgehead atoms. The Bertz CT molecular complexity index is 1200. The molecule has 9 heteroatoms. The largest absolute Gasteiger partial charge is 0.497 e. The Balaban J connectivity index is 1.39. The van der Waals surface area contributed by atoms with Gasteiger partial charge in [0.05, 0.1) is 24.0 Å². The van der Waals surface area contributed by atoms with Crippen molar-refractivity contribution in [2.45, 2.75) is 18.9 Å². The predicted molar refractivity (Wildman–Crippen MR) is 138 cm³/mol. The number of nitro benzene ring substituents is 1. The second kappa shape index (κ2) is 9.95. The molecule has 2 atom stereocenters. The van der Waals surface area contributed by atoms with Gasteiger partial charge in [0.25, 0.3) is 5.69 Å². The minimum absolute atomic E-state index is 0.00490. The van der Waals surface area contributed by atoms with Gasteiger partial charge in [0, 0.05) is 54.6 Å². The maximum Gasteiger partial charge on any atom is 0.269 e. The van der Waals surface area contributed by atoms with Crippen molar-refractivity contribution in [3.63, 3.8) is 0 Å². The average Bonchev–Trinajstić information content (AvgIpc) is 3.41. The zero-order valence-electron chi connectivity index (χ0n) is 19.6. The van der Waals surface area contributed by atoms with Gasteiger partial charge in [-0.05, 0) is 60.2 Å². The van der Waals surface area contributed by atoms with Gasteiger partial charge < -0.3 is 19.9 Å². The summed E-state index contributed by atoms with van der Waals surface area (Å²) in [6.07, 6.45) is 1.28. The lowest BCUT2D eigenvalue weighted by Gasteiger charge is -2.49. The second-order valence-corrected chi connectivity index (χ2v) is 9.94. The van der Waals surface area contributed by atoms with Crippen molar-refractivity contribution < 1.29 is 14.5 Å². The summed E-state index contributed by atoms with van der Waals surface area (Å²) in [5.74, 6) is 0.516. The number of fused-ring (bicyclic) bond motifs is 3. The van der Waals surface area contributed by atoms with Gasteiger partial charge in [0.15, 0.2) is 0 Å². The van der Waals surface area contributed by atoms with Crippen LogP contribution in [0.3, 0.4) is 0 Å². The molecule has 0 aliphatic carbocycles. The van der Waals surface area contributed by atoms with Gasteiger partial charge in [-0.3, -0.25) is 14.9 Å². The molecule has 3 aromatic rings. The van der Waals surface area contributed by atoms with E-state index in [2.05, 4.69) is 21.2 Å². The van der Waals surface area contributed by atoms with Gasteiger partial charge in [-0.15, -0.1) is 11.3 Å². The van der Waals surface area contributed by atoms with Crippen molar-refractivity contribution in [2.24, 2.45) is 5.92 Å². The number of non-ortho nitro benzene ring substituents is 1. The van der Waals surface area contributed by atoms with E-state index >= 15 is 0 Å². The van der Waals surface area contributed by atoms with Crippen LogP contribution in [0, 0.1) is 16.0 Å². The van der Waals surface area contributed by atoms with Crippen LogP contribution < -0.4 is 19.9 Å². The van der Waals surface area contributed by atoms with E-state index in [4.69, 9.17) is 4.74 Å². The molecule has 1 N–H and O–H groups in total. The highest BCUT2D eigenvalue weighted by Crippen LogP contribution is 2.38. The topological polar surface area (TPSA) is 87.9 Å². The lowest BCUT2D eigenvalue weighted by molar-refractivity contribution is -0.384. The van der Waals surface area contributed by atoms with Crippen LogP contribution in [0.15, 0.2) is 60.0 Å². The number of benzene rings is 2. The predicted octanol–water partition coefficient (Wildman–Crippen LogP) is 3.89. The van der Waals surface area contributed by atoms with E-state index in [0.29, 0.717) is 19.5 Å². The monoisotopic (exact) mass is 492 g/mol. The van der Waals surface area contributed by atoms with Crippen molar-refractivity contribution in [3.8, 4) is 5.75 Å². The number of amides is 1. The molecule has 3 heterocycles. The Morgan fingerprint density at radius 1 is 1.20 bits per heavy atom. The molecular weight excluding hydrogens is 464 g/mol. The number of anilines is 2. The minimum Gasteiger partial charge on any atom is -0.497 e. The average molecular weight is 493 g/mol. The molecule has 1 amide bonds. The zero-order valence-corrected chi connectivity index (χ0v) is 20.4. The first kappa shape index (κ1) is 23.2. The van der Waals surface area contributed by atoms with E-state index in [1.807, 2.05) is 41.8 Å². The number of nitrogens with one attached hydrogen (secondary N) is 1. The highest BCUT2D eigenvalue weighted by molar-refractivity contribution is 7.09. The molecule has 2 aliphatic rings. The van der Waals surface area contributed by atoms with E-state index in [9.17, 15) is 14.9 Å². The maximum atomic E-state index is 13.4. The Hall–Kier alpha value is -3.59. The molecule has 5 rings (SSSR count). The van der Waals surface area contributed by atoms with Gasteiger partial charge in [-0.25, -0.2) is 0 Å². The van der Waals surface area contributed by atoms with Crippen LogP contribution in [-0.2, 0) is 17.6 Å². The van der Waals surface area contributed by atoms with Crippen molar-refractivity contribution in [2.75, 3.05) is 43.1 Å².